The first-order valence-corrected chi connectivity index (χ1v) is 9.91. The van der Waals surface area contributed by atoms with Gasteiger partial charge in [0.05, 0.1) is 23.3 Å². The molecule has 0 bridgehead atoms. The number of nitrogens with one attached hydrogen (secondary N) is 1. The Morgan fingerprint density at radius 3 is 2.55 bits per heavy atom. The minimum absolute atomic E-state index is 0.00922. The highest BCUT2D eigenvalue weighted by atomic mass is 19.1. The number of nitrogens with zero attached hydrogens (tertiary/aromatic N) is 5. The third-order valence-corrected chi connectivity index (χ3v) is 4.96. The van der Waals surface area contributed by atoms with Gasteiger partial charge in [-0.2, -0.15) is 4.98 Å². The Morgan fingerprint density at radius 2 is 1.76 bits per heavy atom. The molecule has 0 atom stereocenters. The fourth-order valence-corrected chi connectivity index (χ4v) is 3.44. The van der Waals surface area contributed by atoms with Gasteiger partial charge in [0.2, 0.25) is 5.95 Å². The first-order chi connectivity index (χ1) is 16.0. The van der Waals surface area contributed by atoms with Gasteiger partial charge >= 0.3 is 0 Å². The monoisotopic (exact) mass is 447 g/mol. The first-order valence-electron chi connectivity index (χ1n) is 9.91. The van der Waals surface area contributed by atoms with Crippen LogP contribution in [0.15, 0.2) is 66.9 Å². The highest BCUT2D eigenvalue weighted by molar-refractivity contribution is 5.99. The molecule has 0 fully saturated rings. The number of nitrogens with two attached hydrogens (primary N) is 1. The van der Waals surface area contributed by atoms with E-state index in [2.05, 4.69) is 25.4 Å². The maximum Gasteiger partial charge on any atom is 0.225 e. The summed E-state index contributed by atoms with van der Waals surface area (Å²) < 4.78 is 43.3. The minimum Gasteiger partial charge on any atom is -0.383 e. The lowest BCUT2D eigenvalue weighted by atomic mass is 10.1. The number of halogens is 3. The van der Waals surface area contributed by atoms with Crippen molar-refractivity contribution in [1.29, 1.82) is 0 Å². The van der Waals surface area contributed by atoms with Gasteiger partial charge in [0, 0.05) is 17.8 Å². The molecule has 2 aromatic carbocycles. The van der Waals surface area contributed by atoms with Gasteiger partial charge < -0.3 is 11.1 Å². The van der Waals surface area contributed by atoms with E-state index in [0.29, 0.717) is 17.8 Å². The Labute approximate surface area is 185 Å². The van der Waals surface area contributed by atoms with Gasteiger partial charge in [-0.25, -0.2) is 22.8 Å². The van der Waals surface area contributed by atoms with Crippen molar-refractivity contribution in [2.45, 2.75) is 6.54 Å². The van der Waals surface area contributed by atoms with Gasteiger partial charge in [0.15, 0.2) is 5.65 Å². The van der Waals surface area contributed by atoms with Crippen molar-refractivity contribution in [3.63, 3.8) is 0 Å². The van der Waals surface area contributed by atoms with Crippen molar-refractivity contribution in [2.75, 3.05) is 11.1 Å². The van der Waals surface area contributed by atoms with Crippen molar-refractivity contribution in [3.8, 4) is 16.9 Å². The standard InChI is InChI=1S/C23H16F3N7/c24-14-5-3-4-13(10-14)20-19-21(27)33(18-11-15(25)7-8-17(18)26)32-22(19)31-23(30-20)29-12-16-6-1-2-9-28-16/h1-11H,12,27H2,(H,29,31,32). The fourth-order valence-electron chi connectivity index (χ4n) is 3.44. The van der Waals surface area contributed by atoms with Crippen molar-refractivity contribution < 1.29 is 13.2 Å². The van der Waals surface area contributed by atoms with Crippen LogP contribution < -0.4 is 11.1 Å². The van der Waals surface area contributed by atoms with Gasteiger partial charge in [-0.3, -0.25) is 4.98 Å². The van der Waals surface area contributed by atoms with Crippen LogP contribution >= 0.6 is 0 Å². The molecule has 7 nitrogen and oxygen atoms in total. The van der Waals surface area contributed by atoms with Crippen LogP contribution in [-0.2, 0) is 6.54 Å². The van der Waals surface area contributed by atoms with E-state index >= 15 is 0 Å². The third kappa shape index (κ3) is 3.93. The van der Waals surface area contributed by atoms with E-state index in [0.717, 1.165) is 28.6 Å². The van der Waals surface area contributed by atoms with Gasteiger partial charge in [0.25, 0.3) is 0 Å². The van der Waals surface area contributed by atoms with Gasteiger partial charge in [0.1, 0.15) is 29.0 Å². The highest BCUT2D eigenvalue weighted by Crippen LogP contribution is 2.33. The lowest BCUT2D eigenvalue weighted by molar-refractivity contribution is 0.588. The van der Waals surface area contributed by atoms with Crippen LogP contribution in [0.3, 0.4) is 0 Å². The molecule has 0 radical (unpaired) electrons. The molecule has 0 aliphatic carbocycles. The van der Waals surface area contributed by atoms with E-state index in [1.54, 1.807) is 18.3 Å². The maximum absolute atomic E-state index is 14.4. The second-order valence-corrected chi connectivity index (χ2v) is 7.17. The number of benzene rings is 2. The lowest BCUT2D eigenvalue weighted by Gasteiger charge is -2.09. The summed E-state index contributed by atoms with van der Waals surface area (Å²) in [7, 11) is 0. The molecule has 0 aliphatic rings. The summed E-state index contributed by atoms with van der Waals surface area (Å²) in [6, 6.07) is 14.2. The van der Waals surface area contributed by atoms with Crippen LogP contribution in [0.1, 0.15) is 5.69 Å². The van der Waals surface area contributed by atoms with Crippen LogP contribution in [0.2, 0.25) is 0 Å². The molecule has 164 valence electrons. The highest BCUT2D eigenvalue weighted by Gasteiger charge is 2.21. The van der Waals surface area contributed by atoms with E-state index in [4.69, 9.17) is 5.73 Å². The predicted octanol–water partition coefficient (Wildman–Crippen LogP) is 4.49. The zero-order valence-corrected chi connectivity index (χ0v) is 17.0. The summed E-state index contributed by atoms with van der Waals surface area (Å²) >= 11 is 0. The average molecular weight is 447 g/mol. The fraction of sp³-hybridized carbons (Fsp3) is 0.0435. The number of nitrogen functional groups attached to an aromatic ring is 1. The number of rotatable bonds is 5. The molecule has 10 heteroatoms. The number of pyridine rings is 1. The van der Waals surface area contributed by atoms with E-state index < -0.39 is 17.5 Å². The van der Waals surface area contributed by atoms with Crippen LogP contribution in [0.5, 0.6) is 0 Å². The zero-order chi connectivity index (χ0) is 22.9. The number of fused-ring (bicyclic) bond motifs is 1. The molecule has 3 N–H and O–H groups in total. The normalized spacial score (nSPS) is 11.1. The van der Waals surface area contributed by atoms with Crippen LogP contribution in [0.4, 0.5) is 24.9 Å². The molecule has 33 heavy (non-hydrogen) atoms. The summed E-state index contributed by atoms with van der Waals surface area (Å²) in [6.45, 7) is 0.323. The smallest absolute Gasteiger partial charge is 0.225 e. The maximum atomic E-state index is 14.4. The Morgan fingerprint density at radius 1 is 0.909 bits per heavy atom. The Balaban J connectivity index is 1.68. The molecule has 3 heterocycles. The average Bonchev–Trinajstić information content (AvgIpc) is 3.15. The number of hydrogen-bond donors (Lipinski definition) is 2. The molecular formula is C23H16F3N7. The van der Waals surface area contributed by atoms with Gasteiger partial charge in [-0.15, -0.1) is 5.10 Å². The Bertz CT molecular complexity index is 1470. The second-order valence-electron chi connectivity index (χ2n) is 7.17. The largest absolute Gasteiger partial charge is 0.383 e. The van der Waals surface area contributed by atoms with Crippen molar-refractivity contribution >= 4 is 22.8 Å². The number of anilines is 2. The summed E-state index contributed by atoms with van der Waals surface area (Å²) in [5.41, 5.74) is 7.71. The summed E-state index contributed by atoms with van der Waals surface area (Å²) in [4.78, 5) is 13.1. The quantitative estimate of drug-likeness (QED) is 0.412. The lowest BCUT2D eigenvalue weighted by Crippen LogP contribution is -2.06. The predicted molar refractivity (Wildman–Crippen MR) is 118 cm³/mol. The molecule has 3 aromatic heterocycles. The van der Waals surface area contributed by atoms with E-state index in [1.165, 1.54) is 18.2 Å². The Kier molecular flexibility index (Phi) is 5.09. The van der Waals surface area contributed by atoms with E-state index in [9.17, 15) is 13.2 Å². The molecule has 0 saturated heterocycles. The SMILES string of the molecule is Nc1c2c(-c3cccc(F)c3)nc(NCc3ccccn3)nc2nn1-c1cc(F)ccc1F. The molecular weight excluding hydrogens is 431 g/mol. The molecule has 5 aromatic rings. The van der Waals surface area contributed by atoms with Crippen LogP contribution in [0.25, 0.3) is 28.0 Å². The second kappa shape index (κ2) is 8.23. The third-order valence-electron chi connectivity index (χ3n) is 4.96. The minimum atomic E-state index is -0.718. The number of hydrogen-bond acceptors (Lipinski definition) is 6. The molecule has 0 aliphatic heterocycles. The summed E-state index contributed by atoms with van der Waals surface area (Å²) in [5, 5.41) is 7.64. The van der Waals surface area contributed by atoms with E-state index in [-0.39, 0.29) is 28.5 Å². The zero-order valence-electron chi connectivity index (χ0n) is 17.0. The Hall–Kier alpha value is -4.47. The molecule has 0 unspecified atom stereocenters. The van der Waals surface area contributed by atoms with E-state index in [1.807, 2.05) is 12.1 Å². The van der Waals surface area contributed by atoms with Crippen molar-refractivity contribution in [1.82, 2.24) is 24.7 Å². The van der Waals surface area contributed by atoms with Crippen LogP contribution in [0, 0.1) is 17.5 Å². The summed E-state index contributed by atoms with van der Waals surface area (Å²) in [5.74, 6) is -1.66. The topological polar surface area (TPSA) is 94.5 Å². The molecule has 5 rings (SSSR count). The number of aromatic nitrogens is 5. The van der Waals surface area contributed by atoms with Crippen LogP contribution in [-0.4, -0.2) is 24.7 Å². The van der Waals surface area contributed by atoms with Crippen molar-refractivity contribution in [2.24, 2.45) is 0 Å². The molecule has 0 saturated carbocycles. The van der Waals surface area contributed by atoms with Gasteiger partial charge in [-0.1, -0.05) is 18.2 Å². The van der Waals surface area contributed by atoms with Crippen molar-refractivity contribution in [3.05, 3.63) is 90.0 Å². The summed E-state index contributed by atoms with van der Waals surface area (Å²) in [6.07, 6.45) is 1.66. The van der Waals surface area contributed by atoms with Gasteiger partial charge in [-0.05, 0) is 36.4 Å². The molecule has 0 spiro atoms. The first kappa shape index (κ1) is 20.4. The molecule has 0 amide bonds.